The number of aliphatic hydroxyl groups is 2. The average Bonchev–Trinajstić information content (AvgIpc) is 3.08. The highest BCUT2D eigenvalue weighted by Gasteiger charge is 2.16. The van der Waals surface area contributed by atoms with Crippen molar-refractivity contribution in [3.05, 3.63) is 41.0 Å². The van der Waals surface area contributed by atoms with Crippen LogP contribution in [0.1, 0.15) is 11.3 Å². The fourth-order valence-electron chi connectivity index (χ4n) is 2.04. The topological polar surface area (TPSA) is 76.2 Å². The Bertz CT molecular complexity index is 766. The highest BCUT2D eigenvalue weighted by Crippen LogP contribution is 2.34. The summed E-state index contributed by atoms with van der Waals surface area (Å²) in [6.07, 6.45) is 1.83. The Kier molecular flexibility index (Phi) is 3.78. The monoisotopic (exact) mass is 306 g/mol. The molecule has 0 fully saturated rings. The van der Waals surface area contributed by atoms with Gasteiger partial charge in [-0.3, -0.25) is 4.40 Å². The molecular weight excluding hydrogens is 292 g/mol. The molecule has 0 radical (unpaired) electrons. The molecule has 2 N–H and O–H groups in total. The number of nitrogens with zero attached hydrogens (tertiary/aromatic N) is 2. The highest BCUT2D eigenvalue weighted by molar-refractivity contribution is 7.15. The van der Waals surface area contributed by atoms with E-state index in [4.69, 9.17) is 14.6 Å². The Balaban J connectivity index is 1.99. The van der Waals surface area contributed by atoms with Gasteiger partial charge in [0.15, 0.2) is 16.5 Å². The Labute approximate surface area is 124 Å². The quantitative estimate of drug-likeness (QED) is 0.755. The van der Waals surface area contributed by atoms with Crippen LogP contribution in [0.3, 0.4) is 0 Å². The molecule has 0 bridgehead atoms. The molecule has 0 unspecified atom stereocenters. The first kappa shape index (κ1) is 13.9. The lowest BCUT2D eigenvalue weighted by Crippen LogP contribution is -1.96. The molecule has 0 saturated heterocycles. The van der Waals surface area contributed by atoms with Gasteiger partial charge in [0, 0.05) is 11.6 Å². The van der Waals surface area contributed by atoms with Gasteiger partial charge >= 0.3 is 0 Å². The van der Waals surface area contributed by atoms with E-state index in [-0.39, 0.29) is 13.2 Å². The molecule has 3 aromatic rings. The maximum absolute atomic E-state index is 9.51. The van der Waals surface area contributed by atoms with E-state index < -0.39 is 0 Å². The lowest BCUT2D eigenvalue weighted by atomic mass is 10.2. The molecule has 1 aromatic carbocycles. The molecule has 0 atom stereocenters. The maximum atomic E-state index is 9.51. The minimum absolute atomic E-state index is 0.0707. The zero-order valence-electron chi connectivity index (χ0n) is 11.3. The second-order valence-corrected chi connectivity index (χ2v) is 5.20. The molecule has 21 heavy (non-hydrogen) atoms. The van der Waals surface area contributed by atoms with Crippen LogP contribution in [0.25, 0.3) is 4.96 Å². The van der Waals surface area contributed by atoms with Crippen LogP contribution in [0.4, 0.5) is 0 Å². The Morgan fingerprint density at radius 3 is 2.81 bits per heavy atom. The lowest BCUT2D eigenvalue weighted by molar-refractivity contribution is 0.268. The van der Waals surface area contributed by atoms with Gasteiger partial charge in [0.25, 0.3) is 0 Å². The number of aliphatic hydroxyl groups excluding tert-OH is 2. The van der Waals surface area contributed by atoms with Gasteiger partial charge in [-0.1, -0.05) is 6.07 Å². The minimum atomic E-state index is -0.176. The Morgan fingerprint density at radius 2 is 2.10 bits per heavy atom. The van der Waals surface area contributed by atoms with Gasteiger partial charge in [-0.05, 0) is 17.7 Å². The fraction of sp³-hybridized carbons (Fsp3) is 0.214. The van der Waals surface area contributed by atoms with Gasteiger partial charge in [0.2, 0.25) is 5.88 Å². The predicted octanol–water partition coefficient (Wildman–Crippen LogP) is 2.18. The summed E-state index contributed by atoms with van der Waals surface area (Å²) >= 11 is 1.46. The van der Waals surface area contributed by atoms with Crippen molar-refractivity contribution in [2.45, 2.75) is 13.2 Å². The van der Waals surface area contributed by atoms with Gasteiger partial charge in [-0.2, -0.15) is 4.98 Å². The summed E-state index contributed by atoms with van der Waals surface area (Å²) in [4.78, 5) is 5.10. The van der Waals surface area contributed by atoms with Crippen LogP contribution >= 0.6 is 11.3 Å². The molecule has 3 rings (SSSR count). The number of hydrogen-bond acceptors (Lipinski definition) is 6. The molecule has 2 heterocycles. The van der Waals surface area contributed by atoms with Crippen molar-refractivity contribution < 1.29 is 19.7 Å². The molecule has 6 nitrogen and oxygen atoms in total. The van der Waals surface area contributed by atoms with Crippen molar-refractivity contribution in [1.82, 2.24) is 9.38 Å². The molecule has 0 amide bonds. The maximum Gasteiger partial charge on any atom is 0.244 e. The first-order chi connectivity index (χ1) is 10.3. The van der Waals surface area contributed by atoms with Crippen LogP contribution in [-0.2, 0) is 13.2 Å². The largest absolute Gasteiger partial charge is 0.493 e. The van der Waals surface area contributed by atoms with Gasteiger partial charge in [-0.25, -0.2) is 0 Å². The summed E-state index contributed by atoms with van der Waals surface area (Å²) in [7, 11) is 1.53. The standard InChI is InChI=1S/C14H14N2O4S/c1-19-12-6-9(7-17)2-3-11(12)20-13-10(8-18)16-4-5-21-14(16)15-13/h2-6,17-18H,7-8H2,1H3. The van der Waals surface area contributed by atoms with Crippen molar-refractivity contribution in [3.8, 4) is 17.4 Å². The third-order valence-electron chi connectivity index (χ3n) is 3.09. The third-order valence-corrected chi connectivity index (χ3v) is 3.85. The zero-order valence-corrected chi connectivity index (χ0v) is 12.1. The van der Waals surface area contributed by atoms with E-state index in [1.165, 1.54) is 18.4 Å². The number of thiazole rings is 1. The number of fused-ring (bicyclic) bond motifs is 1. The summed E-state index contributed by atoms with van der Waals surface area (Å²) in [6.45, 7) is -0.247. The van der Waals surface area contributed by atoms with E-state index >= 15 is 0 Å². The van der Waals surface area contributed by atoms with E-state index in [0.29, 0.717) is 23.1 Å². The molecule has 2 aromatic heterocycles. The number of hydrogen-bond donors (Lipinski definition) is 2. The average molecular weight is 306 g/mol. The third kappa shape index (κ3) is 2.46. The number of aromatic nitrogens is 2. The zero-order chi connectivity index (χ0) is 14.8. The number of rotatable bonds is 5. The summed E-state index contributed by atoms with van der Waals surface area (Å²) in [6, 6.07) is 5.15. The molecular formula is C14H14N2O4S. The molecule has 0 aliphatic rings. The van der Waals surface area contributed by atoms with Gasteiger partial charge < -0.3 is 19.7 Å². The summed E-state index contributed by atoms with van der Waals surface area (Å²) in [5.74, 6) is 1.33. The fourth-order valence-corrected chi connectivity index (χ4v) is 2.76. The van der Waals surface area contributed by atoms with Crippen molar-refractivity contribution in [2.75, 3.05) is 7.11 Å². The molecule has 110 valence electrons. The minimum Gasteiger partial charge on any atom is -0.493 e. The summed E-state index contributed by atoms with van der Waals surface area (Å²) in [5.41, 5.74) is 1.31. The van der Waals surface area contributed by atoms with E-state index in [1.54, 1.807) is 22.6 Å². The van der Waals surface area contributed by atoms with Crippen LogP contribution in [0, 0.1) is 0 Å². The molecule has 0 saturated carbocycles. The number of imidazole rings is 1. The van der Waals surface area contributed by atoms with Crippen molar-refractivity contribution in [3.63, 3.8) is 0 Å². The second kappa shape index (κ2) is 5.72. The first-order valence-corrected chi connectivity index (χ1v) is 7.15. The Morgan fingerprint density at radius 1 is 1.24 bits per heavy atom. The van der Waals surface area contributed by atoms with Crippen LogP contribution < -0.4 is 9.47 Å². The van der Waals surface area contributed by atoms with Crippen LogP contribution in [0.15, 0.2) is 29.8 Å². The van der Waals surface area contributed by atoms with E-state index in [1.807, 2.05) is 11.6 Å². The SMILES string of the molecule is COc1cc(CO)ccc1Oc1nc2sccn2c1CO. The van der Waals surface area contributed by atoms with Crippen LogP contribution in [-0.4, -0.2) is 26.7 Å². The van der Waals surface area contributed by atoms with Gasteiger partial charge in [-0.15, -0.1) is 11.3 Å². The summed E-state index contributed by atoms with van der Waals surface area (Å²) in [5, 5.41) is 20.5. The van der Waals surface area contributed by atoms with Crippen LogP contribution in [0.2, 0.25) is 0 Å². The normalized spacial score (nSPS) is 11.0. The van der Waals surface area contributed by atoms with E-state index in [9.17, 15) is 5.11 Å². The first-order valence-electron chi connectivity index (χ1n) is 6.27. The molecule has 0 spiro atoms. The van der Waals surface area contributed by atoms with E-state index in [2.05, 4.69) is 4.98 Å². The van der Waals surface area contributed by atoms with E-state index in [0.717, 1.165) is 10.5 Å². The molecule has 0 aliphatic heterocycles. The lowest BCUT2D eigenvalue weighted by Gasteiger charge is -2.10. The number of benzene rings is 1. The number of methoxy groups -OCH3 is 1. The Hall–Kier alpha value is -2.09. The summed E-state index contributed by atoms with van der Waals surface area (Å²) < 4.78 is 12.8. The smallest absolute Gasteiger partial charge is 0.244 e. The van der Waals surface area contributed by atoms with Crippen LogP contribution in [0.5, 0.6) is 17.4 Å². The second-order valence-electron chi connectivity index (χ2n) is 4.32. The molecule has 7 heteroatoms. The van der Waals surface area contributed by atoms with Gasteiger partial charge in [0.05, 0.1) is 20.3 Å². The molecule has 0 aliphatic carbocycles. The highest BCUT2D eigenvalue weighted by atomic mass is 32.1. The predicted molar refractivity (Wildman–Crippen MR) is 78.0 cm³/mol. The van der Waals surface area contributed by atoms with Crippen molar-refractivity contribution in [2.24, 2.45) is 0 Å². The van der Waals surface area contributed by atoms with Gasteiger partial charge in [0.1, 0.15) is 5.69 Å². The van der Waals surface area contributed by atoms with Crippen molar-refractivity contribution in [1.29, 1.82) is 0 Å². The van der Waals surface area contributed by atoms with Crippen molar-refractivity contribution >= 4 is 16.3 Å². The number of ether oxygens (including phenoxy) is 2.